The number of carbonyl (C=O) groups is 4. The van der Waals surface area contributed by atoms with Crippen LogP contribution in [0.25, 0.3) is 6.08 Å². The van der Waals surface area contributed by atoms with Crippen LogP contribution in [0.3, 0.4) is 0 Å². The Morgan fingerprint density at radius 3 is 2.40 bits per heavy atom. The Hall–Kier alpha value is -4.84. The van der Waals surface area contributed by atoms with E-state index in [2.05, 4.69) is 26.6 Å². The number of halogens is 1. The summed E-state index contributed by atoms with van der Waals surface area (Å²) in [5, 5.41) is 5.01. The van der Waals surface area contributed by atoms with Crippen molar-refractivity contribution >= 4 is 57.1 Å². The number of benzene rings is 3. The summed E-state index contributed by atoms with van der Waals surface area (Å²) in [7, 11) is 1.42. The molecular formula is C33H34BrN3O8. The molecule has 5 amide bonds. The molecule has 0 bridgehead atoms. The summed E-state index contributed by atoms with van der Waals surface area (Å²) in [5.74, 6) is -0.722. The highest BCUT2D eigenvalue weighted by atomic mass is 79.9. The Kier molecular flexibility index (Phi) is 10.8. The van der Waals surface area contributed by atoms with Crippen molar-refractivity contribution < 1.29 is 38.1 Å². The molecular weight excluding hydrogens is 646 g/mol. The van der Waals surface area contributed by atoms with Crippen LogP contribution < -0.4 is 34.5 Å². The summed E-state index contributed by atoms with van der Waals surface area (Å²) in [6.45, 7) is 8.22. The number of carbonyl (C=O) groups excluding carboxylic acids is 4. The fourth-order valence-electron chi connectivity index (χ4n) is 4.41. The van der Waals surface area contributed by atoms with Crippen molar-refractivity contribution in [1.29, 1.82) is 0 Å². The van der Waals surface area contributed by atoms with Gasteiger partial charge in [-0.2, -0.15) is 0 Å². The lowest BCUT2D eigenvalue weighted by Crippen LogP contribution is -2.54. The molecule has 2 N–H and O–H groups in total. The van der Waals surface area contributed by atoms with Gasteiger partial charge in [0.15, 0.2) is 29.6 Å². The third-order valence-electron chi connectivity index (χ3n) is 6.75. The van der Waals surface area contributed by atoms with Crippen molar-refractivity contribution in [1.82, 2.24) is 5.32 Å². The number of nitrogens with zero attached hydrogens (tertiary/aromatic N) is 1. The van der Waals surface area contributed by atoms with Gasteiger partial charge in [0.1, 0.15) is 5.57 Å². The monoisotopic (exact) mass is 679 g/mol. The lowest BCUT2D eigenvalue weighted by atomic mass is 10.1. The molecule has 0 aliphatic carbocycles. The van der Waals surface area contributed by atoms with Gasteiger partial charge in [0.25, 0.3) is 17.7 Å². The normalized spacial score (nSPS) is 13.9. The maximum atomic E-state index is 13.5. The molecule has 0 aromatic heterocycles. The van der Waals surface area contributed by atoms with Gasteiger partial charge in [-0.15, -0.1) is 0 Å². The number of hydrogen-bond acceptors (Lipinski definition) is 8. The number of urea groups is 1. The van der Waals surface area contributed by atoms with Crippen LogP contribution in [0.2, 0.25) is 0 Å². The maximum absolute atomic E-state index is 13.5. The molecule has 4 rings (SSSR count). The summed E-state index contributed by atoms with van der Waals surface area (Å²) in [6.07, 6.45) is 2.12. The molecule has 0 atom stereocenters. The van der Waals surface area contributed by atoms with Crippen LogP contribution in [0, 0.1) is 13.8 Å². The lowest BCUT2D eigenvalue weighted by molar-refractivity contribution is -0.122. The Balaban J connectivity index is 1.56. The average Bonchev–Trinajstić information content (AvgIpc) is 3.00. The third-order valence-corrected chi connectivity index (χ3v) is 7.34. The Morgan fingerprint density at radius 2 is 1.71 bits per heavy atom. The Bertz CT molecular complexity index is 1670. The van der Waals surface area contributed by atoms with Crippen LogP contribution in [0.5, 0.6) is 23.0 Å². The molecule has 236 valence electrons. The van der Waals surface area contributed by atoms with Gasteiger partial charge in [-0.1, -0.05) is 13.0 Å². The molecule has 12 heteroatoms. The second kappa shape index (κ2) is 14.8. The van der Waals surface area contributed by atoms with E-state index in [0.29, 0.717) is 40.4 Å². The van der Waals surface area contributed by atoms with Gasteiger partial charge in [-0.25, -0.2) is 9.69 Å². The largest absolute Gasteiger partial charge is 0.493 e. The number of amides is 5. The van der Waals surface area contributed by atoms with E-state index < -0.39 is 17.8 Å². The van der Waals surface area contributed by atoms with Gasteiger partial charge >= 0.3 is 6.03 Å². The number of hydrogen-bond donors (Lipinski definition) is 2. The zero-order chi connectivity index (χ0) is 32.7. The third kappa shape index (κ3) is 7.82. The van der Waals surface area contributed by atoms with Crippen LogP contribution in [0.1, 0.15) is 37.0 Å². The standard InChI is InChI=1S/C33H34BrN3O8/c1-6-12-44-26-11-10-23(17-27(26)43-7-2)37-32(40)24(31(39)36-33(37)41)14-21-15-25(34)30(28(16-21)42-5)45-18-29(38)35-22-9-8-19(3)20(4)13-22/h8-11,13-17H,6-7,12,18H2,1-5H3,(H,35,38)(H,36,39,41)/b24-14+. The first-order valence-corrected chi connectivity index (χ1v) is 15.0. The molecule has 1 aliphatic heterocycles. The maximum Gasteiger partial charge on any atom is 0.335 e. The fourth-order valence-corrected chi connectivity index (χ4v) is 4.99. The second-order valence-electron chi connectivity index (χ2n) is 10.0. The number of ether oxygens (including phenoxy) is 4. The molecule has 1 heterocycles. The highest BCUT2D eigenvalue weighted by Crippen LogP contribution is 2.38. The summed E-state index contributed by atoms with van der Waals surface area (Å²) in [4.78, 5) is 52.6. The van der Waals surface area contributed by atoms with Gasteiger partial charge in [-0.3, -0.25) is 19.7 Å². The Labute approximate surface area is 269 Å². The molecule has 3 aromatic rings. The summed E-state index contributed by atoms with van der Waals surface area (Å²) in [5.41, 5.74) is 3.13. The van der Waals surface area contributed by atoms with Crippen molar-refractivity contribution in [2.45, 2.75) is 34.1 Å². The predicted octanol–water partition coefficient (Wildman–Crippen LogP) is 5.95. The molecule has 11 nitrogen and oxygen atoms in total. The first-order chi connectivity index (χ1) is 21.6. The number of anilines is 2. The van der Waals surface area contributed by atoms with Crippen LogP contribution in [0.15, 0.2) is 58.6 Å². The molecule has 0 saturated carbocycles. The van der Waals surface area contributed by atoms with Crippen molar-refractivity contribution in [3.63, 3.8) is 0 Å². The second-order valence-corrected chi connectivity index (χ2v) is 10.9. The minimum Gasteiger partial charge on any atom is -0.493 e. The molecule has 1 saturated heterocycles. The minimum atomic E-state index is -0.895. The number of imide groups is 2. The van der Waals surface area contributed by atoms with Crippen LogP contribution in [0.4, 0.5) is 16.2 Å². The smallest absolute Gasteiger partial charge is 0.335 e. The lowest BCUT2D eigenvalue weighted by Gasteiger charge is -2.27. The van der Waals surface area contributed by atoms with Gasteiger partial charge in [0, 0.05) is 11.8 Å². The number of rotatable bonds is 12. The van der Waals surface area contributed by atoms with Crippen LogP contribution >= 0.6 is 15.9 Å². The SMILES string of the molecule is CCCOc1ccc(N2C(=O)NC(=O)/C(=C\c3cc(Br)c(OCC(=O)Nc4ccc(C)c(C)c4)c(OC)c3)C2=O)cc1OCC. The number of aryl methyl sites for hydroxylation is 2. The van der Waals surface area contributed by atoms with Crippen molar-refractivity contribution in [3.8, 4) is 23.0 Å². The van der Waals surface area contributed by atoms with Gasteiger partial charge in [-0.05, 0) is 102 Å². The summed E-state index contributed by atoms with van der Waals surface area (Å²) >= 11 is 3.43. The highest BCUT2D eigenvalue weighted by molar-refractivity contribution is 9.10. The Morgan fingerprint density at radius 1 is 0.933 bits per heavy atom. The first-order valence-electron chi connectivity index (χ1n) is 14.2. The zero-order valence-corrected chi connectivity index (χ0v) is 27.2. The molecule has 3 aromatic carbocycles. The zero-order valence-electron chi connectivity index (χ0n) is 25.6. The quantitative estimate of drug-likeness (QED) is 0.177. The van der Waals surface area contributed by atoms with E-state index >= 15 is 0 Å². The van der Waals surface area contributed by atoms with Crippen LogP contribution in [-0.4, -0.2) is 50.7 Å². The van der Waals surface area contributed by atoms with E-state index in [4.69, 9.17) is 18.9 Å². The number of nitrogens with one attached hydrogen (secondary N) is 2. The minimum absolute atomic E-state index is 0.199. The first kappa shape index (κ1) is 33.1. The highest BCUT2D eigenvalue weighted by Gasteiger charge is 2.37. The van der Waals surface area contributed by atoms with Crippen molar-refractivity contribution in [2.75, 3.05) is 37.1 Å². The summed E-state index contributed by atoms with van der Waals surface area (Å²) < 4.78 is 23.0. The molecule has 0 spiro atoms. The van der Waals surface area contributed by atoms with E-state index in [1.807, 2.05) is 39.0 Å². The molecule has 1 aliphatic rings. The van der Waals surface area contributed by atoms with Crippen LogP contribution in [-0.2, 0) is 14.4 Å². The topological polar surface area (TPSA) is 132 Å². The molecule has 1 fully saturated rings. The summed E-state index contributed by atoms with van der Waals surface area (Å²) in [6, 6.07) is 12.5. The molecule has 0 unspecified atom stereocenters. The number of methoxy groups -OCH3 is 1. The van der Waals surface area contributed by atoms with Crippen molar-refractivity contribution in [2.24, 2.45) is 0 Å². The van der Waals surface area contributed by atoms with E-state index in [-0.39, 0.29) is 35.3 Å². The van der Waals surface area contributed by atoms with E-state index in [1.54, 1.807) is 31.2 Å². The average molecular weight is 681 g/mol. The van der Waals surface area contributed by atoms with Gasteiger partial charge in [0.05, 0.1) is 30.5 Å². The van der Waals surface area contributed by atoms with E-state index in [9.17, 15) is 19.2 Å². The fraction of sp³-hybridized carbons (Fsp3) is 0.273. The van der Waals surface area contributed by atoms with Gasteiger partial charge in [0.2, 0.25) is 0 Å². The van der Waals surface area contributed by atoms with E-state index in [1.165, 1.54) is 19.3 Å². The molecule has 45 heavy (non-hydrogen) atoms. The van der Waals surface area contributed by atoms with Crippen molar-refractivity contribution in [3.05, 3.63) is 75.3 Å². The van der Waals surface area contributed by atoms with Gasteiger partial charge < -0.3 is 24.3 Å². The van der Waals surface area contributed by atoms with E-state index in [0.717, 1.165) is 22.4 Å². The predicted molar refractivity (Wildman–Crippen MR) is 173 cm³/mol. The molecule has 0 radical (unpaired) electrons. The number of barbiturate groups is 1.